The van der Waals surface area contributed by atoms with E-state index in [0.29, 0.717) is 0 Å². The van der Waals surface area contributed by atoms with Crippen molar-refractivity contribution in [1.82, 2.24) is 5.32 Å². The van der Waals surface area contributed by atoms with E-state index in [9.17, 15) is 19.5 Å². The average Bonchev–Trinajstić information content (AvgIpc) is 2.29. The van der Waals surface area contributed by atoms with Crippen LogP contribution in [-0.2, 0) is 9.59 Å². The second-order valence-electron chi connectivity index (χ2n) is 3.23. The largest absolute Gasteiger partial charge is 0.545 e. The van der Waals surface area contributed by atoms with Gasteiger partial charge >= 0.3 is 0 Å². The Kier molecular flexibility index (Phi) is 4.21. The zero-order valence-corrected chi connectivity index (χ0v) is 9.15. The summed E-state index contributed by atoms with van der Waals surface area (Å²) in [5.74, 6) is -2.42. The Balaban J connectivity index is 2.78. The molecule has 0 radical (unpaired) electrons. The molecule has 0 atom stereocenters. The number of para-hydroxylation sites is 1. The molecule has 6 nitrogen and oxygen atoms in total. The van der Waals surface area contributed by atoms with Crippen LogP contribution in [0, 0.1) is 0 Å². The third-order valence-electron chi connectivity index (χ3n) is 2.02. The minimum absolute atomic E-state index is 0.112. The maximum atomic E-state index is 11.4. The molecule has 6 heteroatoms. The van der Waals surface area contributed by atoms with Gasteiger partial charge in [-0.2, -0.15) is 0 Å². The number of amides is 2. The number of carboxylic acids is 1. The standard InChI is InChI=1S/C11H12N2O4/c1-12-9(14)6-10(15)13-8-5-3-2-4-7(8)11(16)17/h2-5H,6H2,1H3,(H,12,14)(H,13,15)(H,16,17)/p-1. The summed E-state index contributed by atoms with van der Waals surface area (Å²) in [5, 5.41) is 15.4. The van der Waals surface area contributed by atoms with Crippen molar-refractivity contribution >= 4 is 23.5 Å². The summed E-state index contributed by atoms with van der Waals surface area (Å²) >= 11 is 0. The fourth-order valence-corrected chi connectivity index (χ4v) is 1.20. The van der Waals surface area contributed by atoms with E-state index < -0.39 is 17.8 Å². The predicted octanol–water partition coefficient (Wildman–Crippen LogP) is -0.875. The summed E-state index contributed by atoms with van der Waals surface area (Å²) in [6.07, 6.45) is -0.363. The lowest BCUT2D eigenvalue weighted by atomic mass is 10.2. The van der Waals surface area contributed by atoms with Gasteiger partial charge in [0, 0.05) is 18.3 Å². The third kappa shape index (κ3) is 3.60. The van der Waals surface area contributed by atoms with Crippen LogP contribution >= 0.6 is 0 Å². The van der Waals surface area contributed by atoms with E-state index in [1.54, 1.807) is 6.07 Å². The van der Waals surface area contributed by atoms with Crippen LogP contribution < -0.4 is 15.7 Å². The van der Waals surface area contributed by atoms with Crippen LogP contribution in [-0.4, -0.2) is 24.8 Å². The molecule has 0 heterocycles. The highest BCUT2D eigenvalue weighted by atomic mass is 16.4. The van der Waals surface area contributed by atoms with Gasteiger partial charge < -0.3 is 20.5 Å². The number of nitrogens with one attached hydrogen (secondary N) is 2. The molecule has 0 aliphatic heterocycles. The lowest BCUT2D eigenvalue weighted by Crippen LogP contribution is -2.27. The summed E-state index contributed by atoms with van der Waals surface area (Å²) < 4.78 is 0. The zero-order chi connectivity index (χ0) is 12.8. The normalized spacial score (nSPS) is 9.47. The average molecular weight is 235 g/mol. The number of anilines is 1. The van der Waals surface area contributed by atoms with Gasteiger partial charge in [-0.3, -0.25) is 9.59 Å². The number of carboxylic acid groups (broad SMARTS) is 1. The van der Waals surface area contributed by atoms with E-state index >= 15 is 0 Å². The molecule has 90 valence electrons. The van der Waals surface area contributed by atoms with Gasteiger partial charge in [0.15, 0.2) is 0 Å². The molecule has 0 saturated carbocycles. The van der Waals surface area contributed by atoms with Gasteiger partial charge in [-0.05, 0) is 6.07 Å². The second kappa shape index (κ2) is 5.64. The summed E-state index contributed by atoms with van der Waals surface area (Å²) in [6.45, 7) is 0. The predicted molar refractivity (Wildman–Crippen MR) is 58.1 cm³/mol. The molecule has 1 aromatic rings. The van der Waals surface area contributed by atoms with Crippen LogP contribution in [0.4, 0.5) is 5.69 Å². The molecule has 1 aromatic carbocycles. The lowest BCUT2D eigenvalue weighted by molar-refractivity contribution is -0.254. The van der Waals surface area contributed by atoms with E-state index in [-0.39, 0.29) is 17.7 Å². The third-order valence-corrected chi connectivity index (χ3v) is 2.02. The van der Waals surface area contributed by atoms with Crippen LogP contribution in [0.25, 0.3) is 0 Å². The van der Waals surface area contributed by atoms with Crippen molar-refractivity contribution in [3.05, 3.63) is 29.8 Å². The molecule has 0 aliphatic rings. The van der Waals surface area contributed by atoms with Gasteiger partial charge in [0.25, 0.3) is 0 Å². The quantitative estimate of drug-likeness (QED) is 0.662. The number of carbonyl (C=O) groups is 3. The summed E-state index contributed by atoms with van der Waals surface area (Å²) in [7, 11) is 1.41. The molecule has 0 fully saturated rings. The van der Waals surface area contributed by atoms with Crippen molar-refractivity contribution in [2.75, 3.05) is 12.4 Å². The molecule has 0 spiro atoms. The molecule has 17 heavy (non-hydrogen) atoms. The van der Waals surface area contributed by atoms with E-state index in [1.807, 2.05) is 0 Å². The van der Waals surface area contributed by atoms with E-state index in [2.05, 4.69) is 10.6 Å². The maximum absolute atomic E-state index is 11.4. The Morgan fingerprint density at radius 1 is 1.18 bits per heavy atom. The van der Waals surface area contributed by atoms with Crippen molar-refractivity contribution < 1.29 is 19.5 Å². The summed E-state index contributed by atoms with van der Waals surface area (Å²) in [5.41, 5.74) is -0.0147. The van der Waals surface area contributed by atoms with Crippen LogP contribution in [0.3, 0.4) is 0 Å². The summed E-state index contributed by atoms with van der Waals surface area (Å²) in [4.78, 5) is 33.0. The number of hydrogen-bond donors (Lipinski definition) is 2. The SMILES string of the molecule is CNC(=O)CC(=O)Nc1ccccc1C(=O)[O-]. The van der Waals surface area contributed by atoms with Gasteiger partial charge in [-0.15, -0.1) is 0 Å². The van der Waals surface area contributed by atoms with Crippen LogP contribution in [0.2, 0.25) is 0 Å². The topological polar surface area (TPSA) is 98.3 Å². The van der Waals surface area contributed by atoms with Gasteiger partial charge in [0.1, 0.15) is 6.42 Å². The Bertz CT molecular complexity index is 457. The highest BCUT2D eigenvalue weighted by molar-refractivity contribution is 6.06. The zero-order valence-electron chi connectivity index (χ0n) is 9.15. The molecule has 1 rings (SSSR count). The van der Waals surface area contributed by atoms with Gasteiger partial charge in [0.05, 0.1) is 5.97 Å². The van der Waals surface area contributed by atoms with E-state index in [1.165, 1.54) is 25.2 Å². The van der Waals surface area contributed by atoms with Gasteiger partial charge in [-0.25, -0.2) is 0 Å². The van der Waals surface area contributed by atoms with Crippen molar-refractivity contribution in [3.63, 3.8) is 0 Å². The first-order valence-electron chi connectivity index (χ1n) is 4.85. The number of rotatable bonds is 4. The van der Waals surface area contributed by atoms with Crippen molar-refractivity contribution in [2.45, 2.75) is 6.42 Å². The van der Waals surface area contributed by atoms with E-state index in [0.717, 1.165) is 0 Å². The van der Waals surface area contributed by atoms with Crippen LogP contribution in [0.15, 0.2) is 24.3 Å². The Morgan fingerprint density at radius 2 is 1.82 bits per heavy atom. The highest BCUT2D eigenvalue weighted by Crippen LogP contribution is 2.14. The molecule has 2 amide bonds. The molecular formula is C11H11N2O4-. The minimum Gasteiger partial charge on any atom is -0.545 e. The highest BCUT2D eigenvalue weighted by Gasteiger charge is 2.10. The summed E-state index contributed by atoms with van der Waals surface area (Å²) in [6, 6.07) is 5.82. The van der Waals surface area contributed by atoms with Gasteiger partial charge in [-0.1, -0.05) is 18.2 Å². The Hall–Kier alpha value is -2.37. The molecule has 0 saturated heterocycles. The molecular weight excluding hydrogens is 224 g/mol. The smallest absolute Gasteiger partial charge is 0.233 e. The number of hydrogen-bond acceptors (Lipinski definition) is 4. The molecule has 0 aliphatic carbocycles. The van der Waals surface area contributed by atoms with Crippen LogP contribution in [0.5, 0.6) is 0 Å². The first-order valence-corrected chi connectivity index (χ1v) is 4.85. The first kappa shape index (κ1) is 12.7. The Labute approximate surface area is 97.6 Å². The van der Waals surface area contributed by atoms with Crippen molar-refractivity contribution in [3.8, 4) is 0 Å². The maximum Gasteiger partial charge on any atom is 0.233 e. The second-order valence-corrected chi connectivity index (χ2v) is 3.23. The van der Waals surface area contributed by atoms with Crippen molar-refractivity contribution in [2.24, 2.45) is 0 Å². The number of benzene rings is 1. The van der Waals surface area contributed by atoms with Gasteiger partial charge in [0.2, 0.25) is 11.8 Å². The lowest BCUT2D eigenvalue weighted by Gasteiger charge is -2.11. The molecule has 0 aromatic heterocycles. The number of aromatic carboxylic acids is 1. The fraction of sp³-hybridized carbons (Fsp3) is 0.182. The molecule has 0 unspecified atom stereocenters. The molecule has 0 bridgehead atoms. The molecule has 2 N–H and O–H groups in total. The fourth-order valence-electron chi connectivity index (χ4n) is 1.20. The minimum atomic E-state index is -1.39. The van der Waals surface area contributed by atoms with E-state index in [4.69, 9.17) is 0 Å². The Morgan fingerprint density at radius 3 is 2.41 bits per heavy atom. The number of carbonyl (C=O) groups excluding carboxylic acids is 3. The monoisotopic (exact) mass is 235 g/mol. The first-order chi connectivity index (χ1) is 8.04. The van der Waals surface area contributed by atoms with Crippen molar-refractivity contribution in [1.29, 1.82) is 0 Å². The van der Waals surface area contributed by atoms with Crippen LogP contribution in [0.1, 0.15) is 16.8 Å².